The van der Waals surface area contributed by atoms with E-state index in [4.69, 9.17) is 4.42 Å². The van der Waals surface area contributed by atoms with Gasteiger partial charge in [-0.1, -0.05) is 35.4 Å². The summed E-state index contributed by atoms with van der Waals surface area (Å²) in [4.78, 5) is 12.7. The fraction of sp³-hybridized carbons (Fsp3) is 0.160. The molecule has 178 valence electrons. The highest BCUT2D eigenvalue weighted by Crippen LogP contribution is 2.31. The lowest BCUT2D eigenvalue weighted by atomic mass is 10.0. The Morgan fingerprint density at radius 1 is 1.00 bits per heavy atom. The first-order valence-electron chi connectivity index (χ1n) is 11.0. The van der Waals surface area contributed by atoms with Crippen molar-refractivity contribution in [3.05, 3.63) is 101 Å². The van der Waals surface area contributed by atoms with Crippen molar-refractivity contribution in [1.82, 2.24) is 10.2 Å². The van der Waals surface area contributed by atoms with Crippen LogP contribution in [0.5, 0.6) is 0 Å². The molecule has 0 bridgehead atoms. The average Bonchev–Trinajstić information content (AvgIpc) is 3.31. The molecule has 1 N–H and O–H groups in total. The molecule has 3 aromatic carbocycles. The van der Waals surface area contributed by atoms with E-state index in [1.54, 1.807) is 12.1 Å². The molecular weight excluding hydrogens is 471 g/mol. The van der Waals surface area contributed by atoms with E-state index in [1.807, 2.05) is 24.3 Å². The van der Waals surface area contributed by atoms with Crippen molar-refractivity contribution in [2.75, 3.05) is 16.2 Å². The standard InChI is InChI=1S/C25H21FN4O4S/c26-20-11-7-17(8-12-20)16-23-28-29-25(34-23)27-24(31)19-9-13-21(14-10-19)35(32,33)30-15-3-5-18-4-1-2-6-22(18)30/h1-2,4,6-14H,3,5,15-16H2,(H,27,29,31). The number of fused-ring (bicyclic) bond motifs is 1. The Morgan fingerprint density at radius 2 is 1.74 bits per heavy atom. The van der Waals surface area contributed by atoms with Crippen LogP contribution in [-0.4, -0.2) is 31.1 Å². The number of sulfonamides is 1. The number of hydrogen-bond donors (Lipinski definition) is 1. The van der Waals surface area contributed by atoms with Crippen LogP contribution in [0.4, 0.5) is 16.1 Å². The molecule has 0 spiro atoms. The van der Waals surface area contributed by atoms with Gasteiger partial charge in [0.15, 0.2) is 0 Å². The zero-order valence-electron chi connectivity index (χ0n) is 18.5. The highest BCUT2D eigenvalue weighted by molar-refractivity contribution is 7.92. The Balaban J connectivity index is 1.27. The number of aryl methyl sites for hydroxylation is 1. The zero-order valence-corrected chi connectivity index (χ0v) is 19.3. The number of benzene rings is 3. The third kappa shape index (κ3) is 4.78. The number of para-hydroxylation sites is 1. The number of nitrogens with zero attached hydrogens (tertiary/aromatic N) is 3. The maximum absolute atomic E-state index is 13.3. The van der Waals surface area contributed by atoms with E-state index in [2.05, 4.69) is 15.5 Å². The summed E-state index contributed by atoms with van der Waals surface area (Å²) in [7, 11) is -3.77. The molecule has 0 saturated heterocycles. The van der Waals surface area contributed by atoms with Crippen LogP contribution in [0.25, 0.3) is 0 Å². The Labute approximate surface area is 201 Å². The third-order valence-electron chi connectivity index (χ3n) is 5.73. The lowest BCUT2D eigenvalue weighted by Gasteiger charge is -2.30. The quantitative estimate of drug-likeness (QED) is 0.433. The summed E-state index contributed by atoms with van der Waals surface area (Å²) in [5.41, 5.74) is 2.70. The number of hydrogen-bond acceptors (Lipinski definition) is 6. The molecule has 1 aliphatic rings. The van der Waals surface area contributed by atoms with Crippen LogP contribution in [0.1, 0.15) is 33.8 Å². The average molecular weight is 493 g/mol. The van der Waals surface area contributed by atoms with Crippen LogP contribution in [0.2, 0.25) is 0 Å². The summed E-state index contributed by atoms with van der Waals surface area (Å²) in [6.45, 7) is 0.402. The van der Waals surface area contributed by atoms with Crippen LogP contribution in [0.15, 0.2) is 82.1 Å². The number of amides is 1. The fourth-order valence-corrected chi connectivity index (χ4v) is 5.52. The number of nitrogens with one attached hydrogen (secondary N) is 1. The number of halogens is 1. The summed E-state index contributed by atoms with van der Waals surface area (Å²) in [6.07, 6.45) is 1.86. The van der Waals surface area contributed by atoms with Gasteiger partial charge in [-0.05, 0) is 66.4 Å². The number of rotatable bonds is 6. The topological polar surface area (TPSA) is 105 Å². The van der Waals surface area contributed by atoms with E-state index in [-0.39, 0.29) is 34.6 Å². The number of carbonyl (C=O) groups is 1. The predicted octanol–water partition coefficient (Wildman–Crippen LogP) is 4.19. The molecule has 4 aromatic rings. The number of aromatic nitrogens is 2. The summed E-state index contributed by atoms with van der Waals surface area (Å²) in [5, 5.41) is 10.2. The lowest BCUT2D eigenvalue weighted by molar-refractivity contribution is 0.102. The molecule has 1 amide bonds. The summed E-state index contributed by atoms with van der Waals surface area (Å²) < 4.78 is 46.4. The van der Waals surface area contributed by atoms with Crippen molar-refractivity contribution in [3.63, 3.8) is 0 Å². The van der Waals surface area contributed by atoms with Crippen LogP contribution < -0.4 is 9.62 Å². The molecule has 10 heteroatoms. The summed E-state index contributed by atoms with van der Waals surface area (Å²) in [6, 6.07) is 19.0. The third-order valence-corrected chi connectivity index (χ3v) is 7.56. The largest absolute Gasteiger partial charge is 0.407 e. The second-order valence-corrected chi connectivity index (χ2v) is 9.95. The Bertz CT molecular complexity index is 1470. The second kappa shape index (κ2) is 9.30. The summed E-state index contributed by atoms with van der Waals surface area (Å²) >= 11 is 0. The Morgan fingerprint density at radius 3 is 2.51 bits per heavy atom. The van der Waals surface area contributed by atoms with Gasteiger partial charge in [-0.15, -0.1) is 5.10 Å². The van der Waals surface area contributed by atoms with Gasteiger partial charge >= 0.3 is 6.01 Å². The minimum atomic E-state index is -3.77. The van der Waals surface area contributed by atoms with Crippen molar-refractivity contribution in [3.8, 4) is 0 Å². The van der Waals surface area contributed by atoms with Crippen molar-refractivity contribution in [2.45, 2.75) is 24.2 Å². The van der Waals surface area contributed by atoms with Gasteiger partial charge in [0.1, 0.15) is 5.82 Å². The van der Waals surface area contributed by atoms with Crippen LogP contribution in [0, 0.1) is 5.82 Å². The van der Waals surface area contributed by atoms with Gasteiger partial charge in [-0.25, -0.2) is 12.8 Å². The van der Waals surface area contributed by atoms with Crippen molar-refractivity contribution in [1.29, 1.82) is 0 Å². The van der Waals surface area contributed by atoms with Gasteiger partial charge in [-0.3, -0.25) is 14.4 Å². The van der Waals surface area contributed by atoms with Gasteiger partial charge < -0.3 is 4.42 Å². The zero-order chi connectivity index (χ0) is 24.4. The number of anilines is 2. The minimum Gasteiger partial charge on any atom is -0.407 e. The molecule has 35 heavy (non-hydrogen) atoms. The molecule has 5 rings (SSSR count). The Hall–Kier alpha value is -4.05. The molecule has 0 atom stereocenters. The molecule has 0 radical (unpaired) electrons. The molecule has 0 unspecified atom stereocenters. The van der Waals surface area contributed by atoms with Crippen LogP contribution in [0.3, 0.4) is 0 Å². The van der Waals surface area contributed by atoms with E-state index in [9.17, 15) is 17.6 Å². The van der Waals surface area contributed by atoms with Gasteiger partial charge in [-0.2, -0.15) is 0 Å². The Kier molecular flexibility index (Phi) is 6.04. The van der Waals surface area contributed by atoms with Crippen molar-refractivity contribution in [2.24, 2.45) is 0 Å². The monoisotopic (exact) mass is 492 g/mol. The van der Waals surface area contributed by atoms with Gasteiger partial charge in [0.05, 0.1) is 17.0 Å². The highest BCUT2D eigenvalue weighted by Gasteiger charge is 2.29. The molecule has 0 aliphatic carbocycles. The van der Waals surface area contributed by atoms with Gasteiger partial charge in [0, 0.05) is 12.1 Å². The predicted molar refractivity (Wildman–Crippen MR) is 127 cm³/mol. The molecule has 2 heterocycles. The molecule has 1 aromatic heterocycles. The van der Waals surface area contributed by atoms with Crippen molar-refractivity contribution >= 4 is 27.6 Å². The first-order valence-corrected chi connectivity index (χ1v) is 12.4. The van der Waals surface area contributed by atoms with E-state index < -0.39 is 15.9 Å². The molecule has 1 aliphatic heterocycles. The van der Waals surface area contributed by atoms with E-state index >= 15 is 0 Å². The number of carbonyl (C=O) groups excluding carboxylic acids is 1. The SMILES string of the molecule is O=C(Nc1nnc(Cc2ccc(F)cc2)o1)c1ccc(S(=O)(=O)N2CCCc3ccccc32)cc1. The maximum Gasteiger partial charge on any atom is 0.322 e. The van der Waals surface area contributed by atoms with E-state index in [1.165, 1.54) is 40.7 Å². The molecule has 8 nitrogen and oxygen atoms in total. The van der Waals surface area contributed by atoms with Gasteiger partial charge in [0.2, 0.25) is 5.89 Å². The first-order chi connectivity index (χ1) is 16.9. The van der Waals surface area contributed by atoms with E-state index in [0.29, 0.717) is 12.2 Å². The first kappa shape index (κ1) is 22.7. The highest BCUT2D eigenvalue weighted by atomic mass is 32.2. The molecule has 0 saturated carbocycles. The molecular formula is C25H21FN4O4S. The molecule has 0 fully saturated rings. The smallest absolute Gasteiger partial charge is 0.322 e. The minimum absolute atomic E-state index is 0.0891. The van der Waals surface area contributed by atoms with Crippen LogP contribution in [-0.2, 0) is 22.9 Å². The van der Waals surface area contributed by atoms with Crippen LogP contribution >= 0.6 is 0 Å². The maximum atomic E-state index is 13.3. The second-order valence-electron chi connectivity index (χ2n) is 8.09. The van der Waals surface area contributed by atoms with E-state index in [0.717, 1.165) is 24.0 Å². The van der Waals surface area contributed by atoms with Gasteiger partial charge in [0.25, 0.3) is 15.9 Å². The van der Waals surface area contributed by atoms with Crippen molar-refractivity contribution < 1.29 is 22.0 Å². The summed E-state index contributed by atoms with van der Waals surface area (Å²) in [5.74, 6) is -0.601. The lowest BCUT2D eigenvalue weighted by Crippen LogP contribution is -2.35. The fourth-order valence-electron chi connectivity index (χ4n) is 3.98. The normalized spacial score (nSPS) is 13.3.